The maximum absolute atomic E-state index is 11.9. The Bertz CT molecular complexity index is 1980. The molecule has 2 aromatic carbocycles. The predicted molar refractivity (Wildman–Crippen MR) is 224 cm³/mol. The van der Waals surface area contributed by atoms with Crippen molar-refractivity contribution in [1.29, 1.82) is 0 Å². The van der Waals surface area contributed by atoms with Crippen molar-refractivity contribution < 1.29 is 14.7 Å². The SMILES string of the molecule is CCC.CCCN(CCC)C(=O)CC.CCCn1c(-c2ccc3nc(-c4sc(C)nc4C)ccc3c2C)c(C2CCCCC2)c2ccc(C(=O)O)cc21. The Hall–Kier alpha value is -4.04. The Kier molecular flexibility index (Phi) is 15.6. The summed E-state index contributed by atoms with van der Waals surface area (Å²) in [4.78, 5) is 35.9. The second-order valence-corrected chi connectivity index (χ2v) is 15.6. The number of amides is 1. The Morgan fingerprint density at radius 3 is 2.08 bits per heavy atom. The molecule has 1 N–H and O–H groups in total. The summed E-state index contributed by atoms with van der Waals surface area (Å²) in [5, 5.41) is 13.2. The normalized spacial score (nSPS) is 13.0. The average molecular weight is 739 g/mol. The second kappa shape index (κ2) is 19.9. The van der Waals surface area contributed by atoms with E-state index < -0.39 is 5.97 Å². The highest BCUT2D eigenvalue weighted by atomic mass is 32.1. The number of carboxylic acids is 1. The van der Waals surface area contributed by atoms with Gasteiger partial charge in [-0.15, -0.1) is 11.3 Å². The van der Waals surface area contributed by atoms with Gasteiger partial charge in [0.05, 0.1) is 38.0 Å². The van der Waals surface area contributed by atoms with E-state index in [0.29, 0.717) is 17.9 Å². The van der Waals surface area contributed by atoms with Crippen molar-refractivity contribution in [2.24, 2.45) is 0 Å². The van der Waals surface area contributed by atoms with Crippen molar-refractivity contribution in [2.45, 2.75) is 139 Å². The fraction of sp³-hybridized carbons (Fsp3) is 0.511. The summed E-state index contributed by atoms with van der Waals surface area (Å²) in [6.07, 6.45) is 11.1. The molecule has 0 unspecified atom stereocenters. The summed E-state index contributed by atoms with van der Waals surface area (Å²) >= 11 is 1.69. The van der Waals surface area contributed by atoms with Crippen LogP contribution in [0, 0.1) is 20.8 Å². The molecule has 3 aromatic heterocycles. The lowest BCUT2D eigenvalue weighted by Gasteiger charge is -2.24. The molecular formula is C45H62N4O3S. The van der Waals surface area contributed by atoms with Gasteiger partial charge in [0, 0.05) is 47.9 Å². The van der Waals surface area contributed by atoms with Gasteiger partial charge in [-0.05, 0) is 94.2 Å². The van der Waals surface area contributed by atoms with Gasteiger partial charge >= 0.3 is 5.97 Å². The molecular weight excluding hydrogens is 677 g/mol. The first-order valence-electron chi connectivity index (χ1n) is 20.1. The zero-order valence-electron chi connectivity index (χ0n) is 33.8. The Morgan fingerprint density at radius 1 is 0.849 bits per heavy atom. The highest BCUT2D eigenvalue weighted by Gasteiger charge is 2.28. The van der Waals surface area contributed by atoms with Crippen LogP contribution in [0.1, 0.15) is 144 Å². The van der Waals surface area contributed by atoms with Gasteiger partial charge < -0.3 is 14.6 Å². The number of hydrogen-bond acceptors (Lipinski definition) is 5. The van der Waals surface area contributed by atoms with Crippen LogP contribution in [-0.4, -0.2) is 49.5 Å². The highest BCUT2D eigenvalue weighted by Crippen LogP contribution is 2.46. The smallest absolute Gasteiger partial charge is 0.335 e. The summed E-state index contributed by atoms with van der Waals surface area (Å²) in [5.74, 6) is -0.107. The largest absolute Gasteiger partial charge is 0.478 e. The summed E-state index contributed by atoms with van der Waals surface area (Å²) < 4.78 is 2.39. The molecule has 1 saturated carbocycles. The minimum Gasteiger partial charge on any atom is -0.478 e. The first-order valence-corrected chi connectivity index (χ1v) is 20.9. The highest BCUT2D eigenvalue weighted by molar-refractivity contribution is 7.15. The molecule has 6 rings (SSSR count). The van der Waals surface area contributed by atoms with E-state index in [2.05, 4.69) is 81.4 Å². The van der Waals surface area contributed by atoms with Gasteiger partial charge in [-0.1, -0.05) is 85.4 Å². The summed E-state index contributed by atoms with van der Waals surface area (Å²) in [5.41, 5.74) is 9.49. The van der Waals surface area contributed by atoms with E-state index in [1.165, 1.54) is 66.3 Å². The van der Waals surface area contributed by atoms with Crippen molar-refractivity contribution >= 4 is 45.0 Å². The topological polar surface area (TPSA) is 88.3 Å². The van der Waals surface area contributed by atoms with Crippen LogP contribution in [0.2, 0.25) is 0 Å². The molecule has 1 aliphatic carbocycles. The number of pyridine rings is 1. The molecule has 3 heterocycles. The molecule has 1 amide bonds. The van der Waals surface area contributed by atoms with E-state index in [0.717, 1.165) is 76.6 Å². The molecule has 0 radical (unpaired) electrons. The lowest BCUT2D eigenvalue weighted by atomic mass is 9.81. The van der Waals surface area contributed by atoms with Crippen molar-refractivity contribution in [3.63, 3.8) is 0 Å². The minimum absolute atomic E-state index is 0.286. The molecule has 0 bridgehead atoms. The number of fused-ring (bicyclic) bond motifs is 2. The van der Waals surface area contributed by atoms with E-state index in [-0.39, 0.29) is 5.91 Å². The Morgan fingerprint density at radius 2 is 1.51 bits per heavy atom. The van der Waals surface area contributed by atoms with Crippen LogP contribution < -0.4 is 0 Å². The van der Waals surface area contributed by atoms with Gasteiger partial charge in [-0.25, -0.2) is 14.8 Å². The van der Waals surface area contributed by atoms with E-state index >= 15 is 0 Å². The van der Waals surface area contributed by atoms with Crippen LogP contribution in [-0.2, 0) is 11.3 Å². The number of carboxylic acid groups (broad SMARTS) is 1. The first kappa shape index (κ1) is 41.7. The van der Waals surface area contributed by atoms with Crippen molar-refractivity contribution in [3.8, 4) is 21.8 Å². The molecule has 0 atom stereocenters. The zero-order chi connectivity index (χ0) is 38.7. The van der Waals surface area contributed by atoms with Gasteiger partial charge in [0.2, 0.25) is 5.91 Å². The van der Waals surface area contributed by atoms with Crippen LogP contribution in [0.5, 0.6) is 0 Å². The van der Waals surface area contributed by atoms with E-state index in [4.69, 9.17) is 4.98 Å². The molecule has 0 aliphatic heterocycles. The third-order valence-electron chi connectivity index (χ3n) is 9.99. The van der Waals surface area contributed by atoms with Crippen LogP contribution in [0.4, 0.5) is 0 Å². The number of nitrogens with zero attached hydrogens (tertiary/aromatic N) is 4. The van der Waals surface area contributed by atoms with E-state index in [1.54, 1.807) is 17.4 Å². The number of aromatic nitrogens is 3. The number of aryl methyl sites for hydroxylation is 4. The lowest BCUT2D eigenvalue weighted by Crippen LogP contribution is -2.31. The Labute approximate surface area is 321 Å². The zero-order valence-corrected chi connectivity index (χ0v) is 34.6. The third kappa shape index (κ3) is 9.74. The number of carbonyl (C=O) groups is 2. The maximum atomic E-state index is 11.9. The molecule has 0 saturated heterocycles. The minimum atomic E-state index is -0.878. The fourth-order valence-electron chi connectivity index (χ4n) is 7.69. The van der Waals surface area contributed by atoms with Crippen LogP contribution in [0.25, 0.3) is 43.6 Å². The van der Waals surface area contributed by atoms with Crippen LogP contribution >= 0.6 is 11.3 Å². The molecule has 0 spiro atoms. The summed E-state index contributed by atoms with van der Waals surface area (Å²) in [6.45, 7) is 21.5. The molecule has 53 heavy (non-hydrogen) atoms. The monoisotopic (exact) mass is 738 g/mol. The maximum Gasteiger partial charge on any atom is 0.335 e. The van der Waals surface area contributed by atoms with Crippen molar-refractivity contribution in [2.75, 3.05) is 13.1 Å². The van der Waals surface area contributed by atoms with Gasteiger partial charge in [-0.3, -0.25) is 4.79 Å². The van der Waals surface area contributed by atoms with E-state index in [1.807, 2.05) is 31.7 Å². The lowest BCUT2D eigenvalue weighted by molar-refractivity contribution is -0.130. The van der Waals surface area contributed by atoms with Crippen molar-refractivity contribution in [3.05, 3.63) is 69.9 Å². The van der Waals surface area contributed by atoms with Gasteiger partial charge in [0.1, 0.15) is 0 Å². The molecule has 1 fully saturated rings. The van der Waals surface area contributed by atoms with E-state index in [9.17, 15) is 14.7 Å². The number of carbonyl (C=O) groups excluding carboxylic acids is 1. The average Bonchev–Trinajstić information content (AvgIpc) is 3.67. The van der Waals surface area contributed by atoms with Gasteiger partial charge in [0.25, 0.3) is 0 Å². The number of benzene rings is 2. The Balaban J connectivity index is 0.000000383. The second-order valence-electron chi connectivity index (χ2n) is 14.4. The first-order chi connectivity index (χ1) is 25.5. The number of thiazole rings is 1. The van der Waals surface area contributed by atoms with Gasteiger partial charge in [0.15, 0.2) is 0 Å². The number of hydrogen-bond donors (Lipinski definition) is 1. The molecule has 8 heteroatoms. The van der Waals surface area contributed by atoms with Gasteiger partial charge in [-0.2, -0.15) is 0 Å². The van der Waals surface area contributed by atoms with Crippen molar-refractivity contribution in [1.82, 2.24) is 19.4 Å². The quantitative estimate of drug-likeness (QED) is 0.146. The molecule has 5 aromatic rings. The summed E-state index contributed by atoms with van der Waals surface area (Å²) in [6, 6.07) is 14.5. The summed E-state index contributed by atoms with van der Waals surface area (Å²) in [7, 11) is 0. The number of rotatable bonds is 11. The molecule has 286 valence electrons. The molecule has 1 aliphatic rings. The predicted octanol–water partition coefficient (Wildman–Crippen LogP) is 12.5. The third-order valence-corrected chi connectivity index (χ3v) is 11.1. The fourth-order valence-corrected chi connectivity index (χ4v) is 8.58. The standard InChI is InChI=1S/C33H35N3O2S.C9H19NO.C3H8/c1-5-17-36-29-18-23(33(37)38)11-12-26(29)30(22-9-7-6-8-10-22)31(36)25-14-15-27-24(19(25)2)13-16-28(35-27)32-20(3)34-21(4)39-32;1-4-7-10(8-5-2)9(11)6-3;1-3-2/h11-16,18,22H,5-10,17H2,1-4H3,(H,37,38);4-8H2,1-3H3;3H2,1-2H3. The number of aromatic carboxylic acids is 1. The van der Waals surface area contributed by atoms with Crippen LogP contribution in [0.3, 0.4) is 0 Å². The molecule has 7 nitrogen and oxygen atoms in total. The van der Waals surface area contributed by atoms with Crippen LogP contribution in [0.15, 0.2) is 42.5 Å².